The number of hydrogen-bond donors (Lipinski definition) is 3. The lowest BCUT2D eigenvalue weighted by molar-refractivity contribution is -0.115. The first kappa shape index (κ1) is 34.2. The third kappa shape index (κ3) is 13.1. The Balaban J connectivity index is 0.00000144. The third-order valence-corrected chi connectivity index (χ3v) is 6.41. The van der Waals surface area contributed by atoms with Gasteiger partial charge < -0.3 is 35.3 Å². The van der Waals surface area contributed by atoms with E-state index in [9.17, 15) is 14.7 Å². The number of nitrogens with one attached hydrogen (secondary N) is 1. The minimum Gasteiger partial charge on any atom is -0.491 e. The molecular formula is C30H41N5O6S. The number of aromatic nitrogens is 2. The number of primary amides is 1. The van der Waals surface area contributed by atoms with E-state index in [1.165, 1.54) is 11.8 Å². The Morgan fingerprint density at radius 2 is 1.71 bits per heavy atom. The van der Waals surface area contributed by atoms with Crippen LogP contribution in [-0.4, -0.2) is 84.1 Å². The molecule has 0 spiro atoms. The number of carbonyl (C=O) groups is 2. The summed E-state index contributed by atoms with van der Waals surface area (Å²) >= 11 is 1.60. The molecule has 0 aliphatic heterocycles. The lowest BCUT2D eigenvalue weighted by atomic mass is 10.1. The zero-order valence-corrected chi connectivity index (χ0v) is 25.6. The summed E-state index contributed by atoms with van der Waals surface area (Å²) in [6, 6.07) is 9.79. The van der Waals surface area contributed by atoms with Crippen LogP contribution < -0.4 is 15.8 Å². The van der Waals surface area contributed by atoms with E-state index in [2.05, 4.69) is 21.0 Å². The predicted molar refractivity (Wildman–Crippen MR) is 168 cm³/mol. The molecule has 2 heterocycles. The number of hydrogen-bond acceptors (Lipinski definition) is 9. The van der Waals surface area contributed by atoms with Gasteiger partial charge in [0.25, 0.3) is 0 Å². The largest absolute Gasteiger partial charge is 0.491 e. The number of ether oxygens (including phenoxy) is 3. The van der Waals surface area contributed by atoms with Gasteiger partial charge in [-0.25, -0.2) is 14.8 Å². The molecular weight excluding hydrogens is 558 g/mol. The number of nitrogens with zero attached hydrogens (tertiary/aromatic N) is 3. The zero-order valence-electron chi connectivity index (χ0n) is 24.8. The molecule has 2 amide bonds. The molecule has 0 saturated heterocycles. The van der Waals surface area contributed by atoms with Gasteiger partial charge in [0, 0.05) is 32.3 Å². The van der Waals surface area contributed by atoms with Crippen molar-refractivity contribution in [1.82, 2.24) is 14.9 Å². The van der Waals surface area contributed by atoms with Gasteiger partial charge in [0.2, 0.25) is 5.91 Å². The number of anilines is 1. The summed E-state index contributed by atoms with van der Waals surface area (Å²) in [7, 11) is 1.84. The molecule has 42 heavy (non-hydrogen) atoms. The van der Waals surface area contributed by atoms with Crippen LogP contribution >= 0.6 is 11.3 Å². The second-order valence-corrected chi connectivity index (χ2v) is 11.0. The number of amides is 2. The molecule has 228 valence electrons. The van der Waals surface area contributed by atoms with Gasteiger partial charge in [0.1, 0.15) is 23.2 Å². The molecule has 12 heteroatoms. The molecule has 3 aromatic rings. The number of nitrogens with two attached hydrogens (primary N) is 1. The van der Waals surface area contributed by atoms with E-state index in [1.807, 2.05) is 88.7 Å². The number of carbonyl (C=O) groups excluding carboxylic acids is 1. The van der Waals surface area contributed by atoms with Crippen LogP contribution in [0.4, 0.5) is 10.6 Å². The van der Waals surface area contributed by atoms with E-state index in [1.54, 1.807) is 11.3 Å². The molecule has 2 aromatic heterocycles. The van der Waals surface area contributed by atoms with Crippen LogP contribution in [0.15, 0.2) is 48.7 Å². The van der Waals surface area contributed by atoms with Gasteiger partial charge in [-0.05, 0) is 62.7 Å². The summed E-state index contributed by atoms with van der Waals surface area (Å²) in [4.78, 5) is 30.8. The highest BCUT2D eigenvalue weighted by atomic mass is 32.1. The van der Waals surface area contributed by atoms with Crippen molar-refractivity contribution in [2.75, 3.05) is 51.9 Å². The monoisotopic (exact) mass is 599 g/mol. The molecule has 0 aliphatic carbocycles. The Morgan fingerprint density at radius 1 is 1.05 bits per heavy atom. The molecule has 0 aliphatic rings. The van der Waals surface area contributed by atoms with Crippen molar-refractivity contribution >= 4 is 51.5 Å². The van der Waals surface area contributed by atoms with Crippen LogP contribution in [0.1, 0.15) is 38.3 Å². The minimum absolute atomic E-state index is 0.319. The molecule has 0 unspecified atom stereocenters. The SMILES string of the molecule is CC(N)=O.CNc1ccc(/C=C/C=C/c2nc3ccc(OCCOCCOCCN(C(=O)O)C(C)(C)C)cc3s2)cn1. The summed E-state index contributed by atoms with van der Waals surface area (Å²) in [5.41, 5.74) is 5.97. The Kier molecular flexibility index (Phi) is 14.4. The predicted octanol–water partition coefficient (Wildman–Crippen LogP) is 5.14. The second-order valence-electron chi connectivity index (χ2n) is 9.92. The number of benzene rings is 1. The van der Waals surface area contributed by atoms with E-state index < -0.39 is 11.6 Å². The molecule has 3 rings (SSSR count). The van der Waals surface area contributed by atoms with E-state index >= 15 is 0 Å². The molecule has 11 nitrogen and oxygen atoms in total. The minimum atomic E-state index is -0.948. The van der Waals surface area contributed by atoms with Crippen LogP contribution in [-0.2, 0) is 14.3 Å². The molecule has 0 fully saturated rings. The van der Waals surface area contributed by atoms with Crippen LogP contribution in [0.3, 0.4) is 0 Å². The number of fused-ring (bicyclic) bond motifs is 1. The Bertz CT molecular complexity index is 1310. The van der Waals surface area contributed by atoms with Gasteiger partial charge in [-0.2, -0.15) is 0 Å². The quantitative estimate of drug-likeness (QED) is 0.169. The van der Waals surface area contributed by atoms with Crippen molar-refractivity contribution in [3.05, 3.63) is 59.3 Å². The fourth-order valence-corrected chi connectivity index (χ4v) is 4.36. The standard InChI is InChI=1S/C28H36N4O5S.C2H5NO/c1-28(2,3)32(27(33)34)13-14-35-15-16-36-17-18-37-22-10-11-23-24(19-22)38-26(31-23)8-6-5-7-21-9-12-25(29-4)30-20-21;1-2(3)4/h5-12,19-20H,13-18H2,1-4H3,(H,29,30)(H,33,34);1H3,(H2,3,4)/b7-5+,8-6+;. The van der Waals surface area contributed by atoms with Gasteiger partial charge in [-0.1, -0.05) is 18.2 Å². The zero-order chi connectivity index (χ0) is 31.0. The lowest BCUT2D eigenvalue weighted by Gasteiger charge is -2.32. The fourth-order valence-electron chi connectivity index (χ4n) is 3.45. The van der Waals surface area contributed by atoms with E-state index in [4.69, 9.17) is 14.2 Å². The number of allylic oxidation sites excluding steroid dienone is 2. The molecule has 4 N–H and O–H groups in total. The van der Waals surface area contributed by atoms with Crippen molar-refractivity contribution in [2.24, 2.45) is 5.73 Å². The molecule has 0 atom stereocenters. The highest BCUT2D eigenvalue weighted by molar-refractivity contribution is 7.19. The topological polar surface area (TPSA) is 149 Å². The smallest absolute Gasteiger partial charge is 0.407 e. The van der Waals surface area contributed by atoms with Crippen LogP contribution in [0.5, 0.6) is 5.75 Å². The molecule has 0 saturated carbocycles. The maximum Gasteiger partial charge on any atom is 0.407 e. The first-order valence-electron chi connectivity index (χ1n) is 13.4. The summed E-state index contributed by atoms with van der Waals surface area (Å²) in [5, 5.41) is 13.2. The van der Waals surface area contributed by atoms with Crippen molar-refractivity contribution in [3.8, 4) is 5.75 Å². The molecule has 0 radical (unpaired) electrons. The van der Waals surface area contributed by atoms with Crippen molar-refractivity contribution < 1.29 is 28.9 Å². The average Bonchev–Trinajstić information content (AvgIpc) is 3.33. The van der Waals surface area contributed by atoms with Gasteiger partial charge in [-0.3, -0.25) is 4.79 Å². The van der Waals surface area contributed by atoms with Gasteiger partial charge in [-0.15, -0.1) is 11.3 Å². The number of carboxylic acid groups (broad SMARTS) is 1. The maximum atomic E-state index is 11.3. The fraction of sp³-hybridized carbons (Fsp3) is 0.400. The van der Waals surface area contributed by atoms with Gasteiger partial charge in [0.05, 0.1) is 36.6 Å². The Hall–Kier alpha value is -4.00. The average molecular weight is 600 g/mol. The van der Waals surface area contributed by atoms with Crippen LogP contribution in [0.2, 0.25) is 0 Å². The molecule has 0 bridgehead atoms. The summed E-state index contributed by atoms with van der Waals surface area (Å²) in [6.07, 6.45) is 8.79. The van der Waals surface area contributed by atoms with Crippen molar-refractivity contribution in [1.29, 1.82) is 0 Å². The highest BCUT2D eigenvalue weighted by Gasteiger charge is 2.25. The Labute approximate surface area is 251 Å². The van der Waals surface area contributed by atoms with Crippen LogP contribution in [0.25, 0.3) is 22.4 Å². The second kappa shape index (κ2) is 17.7. The maximum absolute atomic E-state index is 11.3. The molecule has 1 aromatic carbocycles. The third-order valence-electron chi connectivity index (χ3n) is 5.43. The summed E-state index contributed by atoms with van der Waals surface area (Å²) in [6.45, 7) is 9.19. The number of pyridine rings is 1. The normalized spacial score (nSPS) is 11.5. The first-order chi connectivity index (χ1) is 20.0. The van der Waals surface area contributed by atoms with E-state index in [0.29, 0.717) is 39.6 Å². The summed E-state index contributed by atoms with van der Waals surface area (Å²) < 4.78 is 17.9. The number of rotatable bonds is 14. The van der Waals surface area contributed by atoms with Crippen molar-refractivity contribution in [3.63, 3.8) is 0 Å². The first-order valence-corrected chi connectivity index (χ1v) is 14.2. The summed E-state index contributed by atoms with van der Waals surface area (Å²) in [5.74, 6) is 1.28. The van der Waals surface area contributed by atoms with Crippen molar-refractivity contribution in [2.45, 2.75) is 33.2 Å². The highest BCUT2D eigenvalue weighted by Crippen LogP contribution is 2.27. The Morgan fingerprint density at radius 3 is 2.33 bits per heavy atom. The van der Waals surface area contributed by atoms with E-state index in [-0.39, 0.29) is 5.91 Å². The van der Waals surface area contributed by atoms with Crippen LogP contribution in [0, 0.1) is 0 Å². The van der Waals surface area contributed by atoms with E-state index in [0.717, 1.165) is 32.4 Å². The van der Waals surface area contributed by atoms with Gasteiger partial charge >= 0.3 is 6.09 Å². The van der Waals surface area contributed by atoms with Gasteiger partial charge in [0.15, 0.2) is 0 Å². The lowest BCUT2D eigenvalue weighted by Crippen LogP contribution is -2.46. The number of thiazole rings is 1.